The standard InChI is InChI=1S/C70H125NO3/c1-3-5-7-9-11-13-15-17-19-21-23-25-27-29-31-33-34-35-36-38-39-41-43-45-47-49-51-53-55-57-59-61-63-65-69(73)68(67-72)71-70(74)66-64-62-60-58-56-54-52-50-48-46-44-42-40-37-32-30-28-26-24-22-20-18-16-14-12-10-8-6-4-2/h6,8,12,14,18,20,24,26,30,32,40,42,46,48,52,54,68-69,72-73H,3-5,7,9-11,13,15-17,19,21-23,25,27-29,31,33-39,41,43-45,47,49-51,53,55-67H2,1-2H3,(H,71,74)/b8-6-,14-12-,20-18-,26-24-,32-30-,42-40-,48-46-,54-52-. The Balaban J connectivity index is 3.52. The Labute approximate surface area is 462 Å². The van der Waals surface area contributed by atoms with Crippen molar-refractivity contribution in [1.82, 2.24) is 5.32 Å². The number of hydrogen-bond donors (Lipinski definition) is 3. The molecule has 3 N–H and O–H groups in total. The van der Waals surface area contributed by atoms with Gasteiger partial charge in [-0.15, -0.1) is 0 Å². The second kappa shape index (κ2) is 64.6. The first-order valence-corrected chi connectivity index (χ1v) is 32.4. The van der Waals surface area contributed by atoms with E-state index in [1.54, 1.807) is 0 Å². The molecule has 0 bridgehead atoms. The van der Waals surface area contributed by atoms with E-state index in [-0.39, 0.29) is 12.5 Å². The van der Waals surface area contributed by atoms with Gasteiger partial charge in [-0.1, -0.05) is 336 Å². The molecule has 0 rings (SSSR count). The average Bonchev–Trinajstić information content (AvgIpc) is 3.40. The molecule has 0 fully saturated rings. The third kappa shape index (κ3) is 60.2. The molecule has 0 aromatic carbocycles. The highest BCUT2D eigenvalue weighted by atomic mass is 16.3. The Bertz CT molecular complexity index is 1350. The van der Waals surface area contributed by atoms with Crippen LogP contribution in [0.3, 0.4) is 0 Å². The molecule has 428 valence electrons. The molecule has 0 heterocycles. The SMILES string of the molecule is CC/C=C\C/C=C\C/C=C\C/C=C\C/C=C\C/C=C\C/C=C\C/C=C\CCCCCCC(=O)NC(CO)C(O)CCCCCCCCCCCCCCCCCCCCCCCCCCCCCCCCCCC. The summed E-state index contributed by atoms with van der Waals surface area (Å²) in [4.78, 5) is 12.5. The smallest absolute Gasteiger partial charge is 0.220 e. The van der Waals surface area contributed by atoms with Crippen molar-refractivity contribution in [2.75, 3.05) is 6.61 Å². The topological polar surface area (TPSA) is 69.6 Å². The Hall–Kier alpha value is -2.69. The number of amides is 1. The van der Waals surface area contributed by atoms with Crippen molar-refractivity contribution in [3.63, 3.8) is 0 Å². The lowest BCUT2D eigenvalue weighted by atomic mass is 10.0. The molecule has 0 aromatic heterocycles. The Kier molecular flexibility index (Phi) is 62.2. The second-order valence-electron chi connectivity index (χ2n) is 21.8. The first-order chi connectivity index (χ1) is 36.7. The molecule has 4 nitrogen and oxygen atoms in total. The lowest BCUT2D eigenvalue weighted by Crippen LogP contribution is -2.45. The highest BCUT2D eigenvalue weighted by Crippen LogP contribution is 2.18. The lowest BCUT2D eigenvalue weighted by molar-refractivity contribution is -0.123. The van der Waals surface area contributed by atoms with Crippen molar-refractivity contribution in [2.24, 2.45) is 0 Å². The van der Waals surface area contributed by atoms with Gasteiger partial charge in [0, 0.05) is 6.42 Å². The van der Waals surface area contributed by atoms with Crippen LogP contribution in [0.15, 0.2) is 97.2 Å². The van der Waals surface area contributed by atoms with Gasteiger partial charge in [-0.25, -0.2) is 0 Å². The van der Waals surface area contributed by atoms with Gasteiger partial charge >= 0.3 is 0 Å². The molecule has 0 aromatic rings. The highest BCUT2D eigenvalue weighted by Gasteiger charge is 2.20. The van der Waals surface area contributed by atoms with Gasteiger partial charge in [0.2, 0.25) is 5.91 Å². The molecule has 0 radical (unpaired) electrons. The Morgan fingerprint density at radius 2 is 0.595 bits per heavy atom. The van der Waals surface area contributed by atoms with Gasteiger partial charge in [0.1, 0.15) is 0 Å². The van der Waals surface area contributed by atoms with Crippen LogP contribution < -0.4 is 5.32 Å². The number of allylic oxidation sites excluding steroid dienone is 16. The fourth-order valence-electron chi connectivity index (χ4n) is 9.73. The van der Waals surface area contributed by atoms with Crippen LogP contribution in [0.5, 0.6) is 0 Å². The van der Waals surface area contributed by atoms with Crippen molar-refractivity contribution in [2.45, 2.75) is 334 Å². The predicted octanol–water partition coefficient (Wildman–Crippen LogP) is 22.0. The maximum Gasteiger partial charge on any atom is 0.220 e. The van der Waals surface area contributed by atoms with E-state index < -0.39 is 12.1 Å². The monoisotopic (exact) mass is 1030 g/mol. The van der Waals surface area contributed by atoms with E-state index in [0.29, 0.717) is 12.8 Å². The molecule has 1 amide bonds. The largest absolute Gasteiger partial charge is 0.394 e. The molecule has 0 aliphatic carbocycles. The van der Waals surface area contributed by atoms with Gasteiger partial charge in [-0.3, -0.25) is 4.79 Å². The number of aliphatic hydroxyl groups is 2. The van der Waals surface area contributed by atoms with E-state index in [1.165, 1.54) is 199 Å². The maximum atomic E-state index is 12.5. The molecule has 74 heavy (non-hydrogen) atoms. The predicted molar refractivity (Wildman–Crippen MR) is 331 cm³/mol. The summed E-state index contributed by atoms with van der Waals surface area (Å²) in [5, 5.41) is 23.4. The third-order valence-corrected chi connectivity index (χ3v) is 14.6. The van der Waals surface area contributed by atoms with E-state index in [9.17, 15) is 15.0 Å². The Morgan fingerprint density at radius 3 is 0.892 bits per heavy atom. The van der Waals surface area contributed by atoms with Crippen LogP contribution in [-0.4, -0.2) is 34.9 Å². The van der Waals surface area contributed by atoms with Crippen molar-refractivity contribution < 1.29 is 15.0 Å². The number of unbranched alkanes of at least 4 members (excludes halogenated alkanes) is 36. The third-order valence-electron chi connectivity index (χ3n) is 14.6. The van der Waals surface area contributed by atoms with Crippen LogP contribution in [0, 0.1) is 0 Å². The number of aliphatic hydroxyl groups excluding tert-OH is 2. The van der Waals surface area contributed by atoms with Crippen molar-refractivity contribution in [3.05, 3.63) is 97.2 Å². The molecule has 0 aliphatic heterocycles. The molecule has 0 saturated carbocycles. The molecular formula is C70H125NO3. The Morgan fingerprint density at radius 1 is 0.338 bits per heavy atom. The van der Waals surface area contributed by atoms with Crippen LogP contribution in [0.25, 0.3) is 0 Å². The van der Waals surface area contributed by atoms with Gasteiger partial charge in [-0.2, -0.15) is 0 Å². The van der Waals surface area contributed by atoms with Gasteiger partial charge in [0.05, 0.1) is 18.8 Å². The van der Waals surface area contributed by atoms with Crippen LogP contribution in [0.4, 0.5) is 0 Å². The molecule has 0 spiro atoms. The number of carbonyl (C=O) groups is 1. The number of nitrogens with one attached hydrogen (secondary N) is 1. The van der Waals surface area contributed by atoms with Crippen molar-refractivity contribution >= 4 is 5.91 Å². The zero-order chi connectivity index (χ0) is 53.4. The van der Waals surface area contributed by atoms with E-state index in [2.05, 4.69) is 116 Å². The number of hydrogen-bond acceptors (Lipinski definition) is 3. The molecule has 4 heteroatoms. The van der Waals surface area contributed by atoms with Crippen LogP contribution in [0.1, 0.15) is 322 Å². The normalized spacial score (nSPS) is 13.4. The number of carbonyl (C=O) groups excluding carboxylic acids is 1. The first-order valence-electron chi connectivity index (χ1n) is 32.4. The van der Waals surface area contributed by atoms with Crippen molar-refractivity contribution in [1.29, 1.82) is 0 Å². The fourth-order valence-corrected chi connectivity index (χ4v) is 9.73. The van der Waals surface area contributed by atoms with E-state index in [0.717, 1.165) is 96.3 Å². The molecule has 2 unspecified atom stereocenters. The van der Waals surface area contributed by atoms with Crippen LogP contribution >= 0.6 is 0 Å². The quantitative estimate of drug-likeness (QED) is 0.0420. The minimum Gasteiger partial charge on any atom is -0.394 e. The molecule has 0 aliphatic rings. The highest BCUT2D eigenvalue weighted by molar-refractivity contribution is 5.76. The van der Waals surface area contributed by atoms with E-state index >= 15 is 0 Å². The maximum absolute atomic E-state index is 12.5. The average molecular weight is 1030 g/mol. The summed E-state index contributed by atoms with van der Waals surface area (Å²) in [6.07, 6.45) is 95.8. The summed E-state index contributed by atoms with van der Waals surface area (Å²) in [6, 6.07) is -0.560. The minimum absolute atomic E-state index is 0.0556. The van der Waals surface area contributed by atoms with Crippen molar-refractivity contribution in [3.8, 4) is 0 Å². The van der Waals surface area contributed by atoms with E-state index in [1.807, 2.05) is 0 Å². The summed E-state index contributed by atoms with van der Waals surface area (Å²) >= 11 is 0. The van der Waals surface area contributed by atoms with Gasteiger partial charge < -0.3 is 15.5 Å². The summed E-state index contributed by atoms with van der Waals surface area (Å²) in [7, 11) is 0. The van der Waals surface area contributed by atoms with Crippen LogP contribution in [-0.2, 0) is 4.79 Å². The summed E-state index contributed by atoms with van der Waals surface area (Å²) in [5.74, 6) is -0.0556. The van der Waals surface area contributed by atoms with E-state index in [4.69, 9.17) is 0 Å². The van der Waals surface area contributed by atoms with Gasteiger partial charge in [0.15, 0.2) is 0 Å². The molecule has 0 saturated heterocycles. The molecule has 2 atom stereocenters. The summed E-state index contributed by atoms with van der Waals surface area (Å²) in [5.41, 5.74) is 0. The van der Waals surface area contributed by atoms with Gasteiger partial charge in [0.25, 0.3) is 0 Å². The van der Waals surface area contributed by atoms with Crippen LogP contribution in [0.2, 0.25) is 0 Å². The van der Waals surface area contributed by atoms with Gasteiger partial charge in [-0.05, 0) is 77.0 Å². The lowest BCUT2D eigenvalue weighted by Gasteiger charge is -2.22. The second-order valence-corrected chi connectivity index (χ2v) is 21.8. The molecular weight excluding hydrogens is 903 g/mol. The first kappa shape index (κ1) is 71.3. The summed E-state index contributed by atoms with van der Waals surface area (Å²) < 4.78 is 0. The zero-order valence-electron chi connectivity index (χ0n) is 49.3. The summed E-state index contributed by atoms with van der Waals surface area (Å²) in [6.45, 7) is 4.26. The zero-order valence-corrected chi connectivity index (χ0v) is 49.3. The fraction of sp³-hybridized carbons (Fsp3) is 0.757. The number of rotatable bonds is 59. The minimum atomic E-state index is -0.680.